The highest BCUT2D eigenvalue weighted by atomic mass is 16.3. The van der Waals surface area contributed by atoms with E-state index >= 15 is 0 Å². The first-order valence-corrected chi connectivity index (χ1v) is 5.15. The van der Waals surface area contributed by atoms with E-state index in [1.165, 1.54) is 0 Å². The molecule has 1 rings (SSSR count). The van der Waals surface area contributed by atoms with Crippen LogP contribution in [0.5, 0.6) is 0 Å². The van der Waals surface area contributed by atoms with E-state index in [2.05, 4.69) is 12.2 Å². The molecule has 14 heavy (non-hydrogen) atoms. The van der Waals surface area contributed by atoms with Crippen LogP contribution in [0.2, 0.25) is 0 Å². The van der Waals surface area contributed by atoms with E-state index in [1.54, 1.807) is 6.26 Å². The number of rotatable bonds is 6. The Morgan fingerprint density at radius 2 is 2.29 bits per heavy atom. The second-order valence-electron chi connectivity index (χ2n) is 3.68. The summed E-state index contributed by atoms with van der Waals surface area (Å²) in [6, 6.07) is 4.11. The molecule has 2 unspecified atom stereocenters. The molecule has 3 nitrogen and oxygen atoms in total. The van der Waals surface area contributed by atoms with Crippen molar-refractivity contribution in [1.29, 1.82) is 0 Å². The van der Waals surface area contributed by atoms with Gasteiger partial charge >= 0.3 is 0 Å². The Balaban J connectivity index is 2.13. The third kappa shape index (κ3) is 3.94. The summed E-state index contributed by atoms with van der Waals surface area (Å²) in [5.41, 5.74) is 0. The Morgan fingerprint density at radius 1 is 1.50 bits per heavy atom. The molecule has 1 heterocycles. The van der Waals surface area contributed by atoms with Crippen LogP contribution in [0.25, 0.3) is 0 Å². The number of aliphatic hydroxyl groups is 1. The van der Waals surface area contributed by atoms with Gasteiger partial charge in [0.2, 0.25) is 0 Å². The Labute approximate surface area is 85.1 Å². The van der Waals surface area contributed by atoms with Crippen LogP contribution in [0.3, 0.4) is 0 Å². The van der Waals surface area contributed by atoms with Gasteiger partial charge in [0.25, 0.3) is 0 Å². The largest absolute Gasteiger partial charge is 0.468 e. The molecule has 0 spiro atoms. The highest BCUT2D eigenvalue weighted by molar-refractivity contribution is 5.02. The first-order valence-electron chi connectivity index (χ1n) is 5.15. The summed E-state index contributed by atoms with van der Waals surface area (Å²) in [6.07, 6.45) is 3.32. The summed E-state index contributed by atoms with van der Waals surface area (Å²) >= 11 is 0. The van der Waals surface area contributed by atoms with Crippen molar-refractivity contribution in [2.24, 2.45) is 0 Å². The Bertz CT molecular complexity index is 231. The smallest absolute Gasteiger partial charge is 0.120 e. The van der Waals surface area contributed by atoms with Gasteiger partial charge in [0.15, 0.2) is 0 Å². The predicted molar refractivity (Wildman–Crippen MR) is 56.0 cm³/mol. The minimum absolute atomic E-state index is 0.198. The topological polar surface area (TPSA) is 45.4 Å². The second-order valence-corrected chi connectivity index (χ2v) is 3.68. The standard InChI is InChI=1S/C11H19NO2/c1-9(13)5-3-7-12-10(2)11-6-4-8-14-11/h4,6,8-10,12-13H,3,5,7H2,1-2H3. The minimum atomic E-state index is -0.198. The molecule has 1 aromatic rings. The molecule has 1 aromatic heterocycles. The zero-order valence-corrected chi connectivity index (χ0v) is 8.86. The average molecular weight is 197 g/mol. The average Bonchev–Trinajstić information content (AvgIpc) is 2.64. The molecule has 0 saturated heterocycles. The molecule has 0 aliphatic heterocycles. The molecular weight excluding hydrogens is 178 g/mol. The molecule has 2 atom stereocenters. The summed E-state index contributed by atoms with van der Waals surface area (Å²) in [5.74, 6) is 0.960. The van der Waals surface area contributed by atoms with Crippen molar-refractivity contribution in [2.45, 2.75) is 38.8 Å². The van der Waals surface area contributed by atoms with Gasteiger partial charge < -0.3 is 14.8 Å². The van der Waals surface area contributed by atoms with E-state index in [-0.39, 0.29) is 12.1 Å². The zero-order valence-electron chi connectivity index (χ0n) is 8.86. The van der Waals surface area contributed by atoms with Gasteiger partial charge in [-0.1, -0.05) is 0 Å². The maximum absolute atomic E-state index is 9.06. The molecule has 0 aliphatic carbocycles. The van der Waals surface area contributed by atoms with Crippen molar-refractivity contribution in [3.63, 3.8) is 0 Å². The van der Waals surface area contributed by atoms with E-state index in [0.717, 1.165) is 25.1 Å². The number of furan rings is 1. The fraction of sp³-hybridized carbons (Fsp3) is 0.636. The highest BCUT2D eigenvalue weighted by Crippen LogP contribution is 2.11. The second kappa shape index (κ2) is 5.83. The SMILES string of the molecule is CC(O)CCCNC(C)c1ccco1. The Kier molecular flexibility index (Phi) is 4.70. The van der Waals surface area contributed by atoms with Crippen LogP contribution in [-0.4, -0.2) is 17.8 Å². The van der Waals surface area contributed by atoms with Crippen LogP contribution >= 0.6 is 0 Å². The van der Waals surface area contributed by atoms with Crippen LogP contribution in [0.4, 0.5) is 0 Å². The molecule has 0 bridgehead atoms. The van der Waals surface area contributed by atoms with Crippen molar-refractivity contribution >= 4 is 0 Å². The summed E-state index contributed by atoms with van der Waals surface area (Å²) in [7, 11) is 0. The van der Waals surface area contributed by atoms with Gasteiger partial charge in [0.1, 0.15) is 5.76 Å². The first kappa shape index (κ1) is 11.3. The van der Waals surface area contributed by atoms with E-state index < -0.39 is 0 Å². The van der Waals surface area contributed by atoms with E-state index in [9.17, 15) is 0 Å². The van der Waals surface area contributed by atoms with Crippen molar-refractivity contribution in [1.82, 2.24) is 5.32 Å². The fourth-order valence-corrected chi connectivity index (χ4v) is 1.35. The third-order valence-corrected chi connectivity index (χ3v) is 2.22. The zero-order chi connectivity index (χ0) is 10.4. The van der Waals surface area contributed by atoms with Crippen molar-refractivity contribution in [3.8, 4) is 0 Å². The van der Waals surface area contributed by atoms with E-state index in [4.69, 9.17) is 9.52 Å². The van der Waals surface area contributed by atoms with Crippen molar-refractivity contribution < 1.29 is 9.52 Å². The molecule has 3 heteroatoms. The lowest BCUT2D eigenvalue weighted by Crippen LogP contribution is -2.20. The summed E-state index contributed by atoms with van der Waals surface area (Å²) in [4.78, 5) is 0. The minimum Gasteiger partial charge on any atom is -0.468 e. The molecule has 0 aromatic carbocycles. The van der Waals surface area contributed by atoms with Gasteiger partial charge in [-0.2, -0.15) is 0 Å². The molecule has 0 aliphatic rings. The Hall–Kier alpha value is -0.800. The summed E-state index contributed by atoms with van der Waals surface area (Å²) in [6.45, 7) is 4.80. The Morgan fingerprint density at radius 3 is 2.86 bits per heavy atom. The van der Waals surface area contributed by atoms with Gasteiger partial charge in [-0.15, -0.1) is 0 Å². The molecule has 0 amide bonds. The van der Waals surface area contributed by atoms with Crippen molar-refractivity contribution in [3.05, 3.63) is 24.2 Å². The molecule has 2 N–H and O–H groups in total. The van der Waals surface area contributed by atoms with Crippen LogP contribution in [-0.2, 0) is 0 Å². The first-order chi connectivity index (χ1) is 6.70. The van der Waals surface area contributed by atoms with E-state index in [0.29, 0.717) is 0 Å². The van der Waals surface area contributed by atoms with Crippen molar-refractivity contribution in [2.75, 3.05) is 6.54 Å². The number of hydrogen-bond donors (Lipinski definition) is 2. The summed E-state index contributed by atoms with van der Waals surface area (Å²) < 4.78 is 5.26. The van der Waals surface area contributed by atoms with E-state index in [1.807, 2.05) is 19.1 Å². The highest BCUT2D eigenvalue weighted by Gasteiger charge is 2.06. The van der Waals surface area contributed by atoms with Gasteiger partial charge in [0.05, 0.1) is 18.4 Å². The predicted octanol–water partition coefficient (Wildman–Crippen LogP) is 2.09. The van der Waals surface area contributed by atoms with Crippen LogP contribution in [0, 0.1) is 0 Å². The fourth-order valence-electron chi connectivity index (χ4n) is 1.35. The van der Waals surface area contributed by atoms with Crippen LogP contribution in [0.1, 0.15) is 38.5 Å². The van der Waals surface area contributed by atoms with Crippen LogP contribution < -0.4 is 5.32 Å². The number of hydrogen-bond acceptors (Lipinski definition) is 3. The maximum Gasteiger partial charge on any atom is 0.120 e. The molecular formula is C11H19NO2. The number of aliphatic hydroxyl groups excluding tert-OH is 1. The monoisotopic (exact) mass is 197 g/mol. The molecule has 0 radical (unpaired) electrons. The van der Waals surface area contributed by atoms with Gasteiger partial charge in [-0.25, -0.2) is 0 Å². The molecule has 0 fully saturated rings. The van der Waals surface area contributed by atoms with Gasteiger partial charge in [-0.05, 0) is 45.4 Å². The van der Waals surface area contributed by atoms with Gasteiger partial charge in [-0.3, -0.25) is 0 Å². The lowest BCUT2D eigenvalue weighted by molar-refractivity contribution is 0.181. The lowest BCUT2D eigenvalue weighted by atomic mass is 10.2. The normalized spacial score (nSPS) is 15.4. The molecule has 0 saturated carbocycles. The quantitative estimate of drug-likeness (QED) is 0.686. The maximum atomic E-state index is 9.06. The summed E-state index contributed by atoms with van der Waals surface area (Å²) in [5, 5.41) is 12.4. The lowest BCUT2D eigenvalue weighted by Gasteiger charge is -2.11. The third-order valence-electron chi connectivity index (χ3n) is 2.22. The van der Waals surface area contributed by atoms with Crippen LogP contribution in [0.15, 0.2) is 22.8 Å². The molecule has 80 valence electrons. The van der Waals surface area contributed by atoms with Gasteiger partial charge in [0, 0.05) is 0 Å². The number of nitrogens with one attached hydrogen (secondary N) is 1.